The first-order valence-electron chi connectivity index (χ1n) is 12.5. The molecule has 0 spiro atoms. The number of amides is 1. The second kappa shape index (κ2) is 10.8. The Morgan fingerprint density at radius 3 is 2.68 bits per heavy atom. The van der Waals surface area contributed by atoms with Crippen molar-refractivity contribution in [2.24, 2.45) is 7.05 Å². The number of hydrogen-bond donors (Lipinski definition) is 1. The molecule has 2 aromatic heterocycles. The fourth-order valence-corrected chi connectivity index (χ4v) is 4.51. The topological polar surface area (TPSA) is 84.8 Å². The molecule has 1 amide bonds. The van der Waals surface area contributed by atoms with E-state index in [4.69, 9.17) is 9.47 Å². The monoisotopic (exact) mass is 518 g/mol. The summed E-state index contributed by atoms with van der Waals surface area (Å²) in [5.74, 6) is 1.27. The van der Waals surface area contributed by atoms with Crippen LogP contribution in [0.15, 0.2) is 60.8 Å². The van der Waals surface area contributed by atoms with E-state index in [1.807, 2.05) is 55.7 Å². The van der Waals surface area contributed by atoms with Crippen LogP contribution in [0.5, 0.6) is 11.5 Å². The van der Waals surface area contributed by atoms with Crippen molar-refractivity contribution in [3.05, 3.63) is 72.3 Å². The Labute approximate surface area is 220 Å². The molecule has 2 atom stereocenters. The van der Waals surface area contributed by atoms with Crippen LogP contribution in [-0.2, 0) is 11.8 Å². The Morgan fingerprint density at radius 1 is 1.16 bits per heavy atom. The number of morpholine rings is 1. The highest BCUT2D eigenvalue weighted by Crippen LogP contribution is 2.28. The molecule has 5 rings (SSSR count). The molecule has 2 aromatic carbocycles. The molecule has 1 aliphatic heterocycles. The van der Waals surface area contributed by atoms with Crippen molar-refractivity contribution in [3.8, 4) is 11.5 Å². The Bertz CT molecular complexity index is 1440. The summed E-state index contributed by atoms with van der Waals surface area (Å²) < 4.78 is 27.1. The Morgan fingerprint density at radius 2 is 1.92 bits per heavy atom. The predicted octanol–water partition coefficient (Wildman–Crippen LogP) is 4.43. The number of ether oxygens (including phenoxy) is 2. The Balaban J connectivity index is 1.32. The molecule has 0 saturated carbocycles. The van der Waals surface area contributed by atoms with Gasteiger partial charge in [0, 0.05) is 44.2 Å². The van der Waals surface area contributed by atoms with Crippen molar-refractivity contribution in [2.75, 3.05) is 39.1 Å². The van der Waals surface area contributed by atoms with Gasteiger partial charge in [0.15, 0.2) is 0 Å². The SMILES string of the molecule is CC1CO[C@H](CN(C)C)CN1C(=O)c1cc(Oc2ccc3c(c2)nc(Nc2ccc(F)cc2)n3C)ccn1. The fraction of sp³-hybridized carbons (Fsp3) is 0.321. The van der Waals surface area contributed by atoms with Gasteiger partial charge in [-0.1, -0.05) is 0 Å². The molecule has 9 nitrogen and oxygen atoms in total. The molecule has 1 N–H and O–H groups in total. The number of pyridine rings is 1. The van der Waals surface area contributed by atoms with E-state index in [0.717, 1.165) is 23.3 Å². The van der Waals surface area contributed by atoms with Gasteiger partial charge in [-0.25, -0.2) is 9.37 Å². The molecule has 3 heterocycles. The second-order valence-electron chi connectivity index (χ2n) is 9.78. The lowest BCUT2D eigenvalue weighted by Crippen LogP contribution is -2.53. The van der Waals surface area contributed by atoms with Gasteiger partial charge in [-0.15, -0.1) is 0 Å². The lowest BCUT2D eigenvalue weighted by molar-refractivity contribution is -0.0548. The summed E-state index contributed by atoms with van der Waals surface area (Å²) in [4.78, 5) is 26.2. The quantitative estimate of drug-likeness (QED) is 0.387. The van der Waals surface area contributed by atoms with Gasteiger partial charge in [-0.05, 0) is 63.5 Å². The number of halogens is 1. The molecule has 198 valence electrons. The Hall–Kier alpha value is -4.02. The zero-order valence-corrected chi connectivity index (χ0v) is 21.9. The van der Waals surface area contributed by atoms with E-state index in [9.17, 15) is 9.18 Å². The van der Waals surface area contributed by atoms with Gasteiger partial charge in [-0.3, -0.25) is 9.78 Å². The third-order valence-electron chi connectivity index (χ3n) is 6.47. The van der Waals surface area contributed by atoms with Crippen molar-refractivity contribution in [3.63, 3.8) is 0 Å². The number of imidazole rings is 1. The van der Waals surface area contributed by atoms with Crippen molar-refractivity contribution in [1.29, 1.82) is 0 Å². The highest BCUT2D eigenvalue weighted by molar-refractivity contribution is 5.93. The smallest absolute Gasteiger partial charge is 0.272 e. The summed E-state index contributed by atoms with van der Waals surface area (Å²) in [6.07, 6.45) is 1.53. The summed E-state index contributed by atoms with van der Waals surface area (Å²) in [6, 6.07) is 15.1. The molecule has 10 heteroatoms. The number of aryl methyl sites for hydroxylation is 1. The minimum absolute atomic E-state index is 0.0443. The van der Waals surface area contributed by atoms with Crippen molar-refractivity contribution >= 4 is 28.6 Å². The third kappa shape index (κ3) is 5.61. The van der Waals surface area contributed by atoms with Crippen LogP contribution >= 0.6 is 0 Å². The molecule has 1 aliphatic rings. The van der Waals surface area contributed by atoms with Gasteiger partial charge >= 0.3 is 0 Å². The highest BCUT2D eigenvalue weighted by Gasteiger charge is 2.31. The molecule has 0 aliphatic carbocycles. The minimum atomic E-state index is -0.295. The van der Waals surface area contributed by atoms with Gasteiger partial charge < -0.3 is 29.2 Å². The van der Waals surface area contributed by atoms with Crippen molar-refractivity contribution in [2.45, 2.75) is 19.1 Å². The molecule has 1 unspecified atom stereocenters. The number of fused-ring (bicyclic) bond motifs is 1. The maximum atomic E-state index is 13.3. The number of rotatable bonds is 7. The van der Waals surface area contributed by atoms with Crippen molar-refractivity contribution in [1.82, 2.24) is 24.3 Å². The van der Waals surface area contributed by atoms with Gasteiger partial charge in [-0.2, -0.15) is 0 Å². The minimum Gasteiger partial charge on any atom is -0.457 e. The number of aromatic nitrogens is 3. The summed E-state index contributed by atoms with van der Waals surface area (Å²) in [7, 11) is 5.88. The summed E-state index contributed by atoms with van der Waals surface area (Å²) in [6.45, 7) is 3.72. The summed E-state index contributed by atoms with van der Waals surface area (Å²) >= 11 is 0. The van der Waals surface area contributed by atoms with E-state index in [0.29, 0.717) is 36.3 Å². The van der Waals surface area contributed by atoms with Crippen LogP contribution in [0.1, 0.15) is 17.4 Å². The first kappa shape index (κ1) is 25.6. The molecule has 1 fully saturated rings. The van der Waals surface area contributed by atoms with E-state index < -0.39 is 0 Å². The van der Waals surface area contributed by atoms with E-state index in [2.05, 4.69) is 20.2 Å². The lowest BCUT2D eigenvalue weighted by atomic mass is 10.1. The van der Waals surface area contributed by atoms with Crippen LogP contribution in [0, 0.1) is 5.82 Å². The molecule has 0 radical (unpaired) electrons. The highest BCUT2D eigenvalue weighted by atomic mass is 19.1. The third-order valence-corrected chi connectivity index (χ3v) is 6.47. The number of likely N-dealkylation sites (N-methyl/N-ethyl adjacent to an activating group) is 1. The summed E-state index contributed by atoms with van der Waals surface area (Å²) in [5.41, 5.74) is 2.69. The number of hydrogen-bond acceptors (Lipinski definition) is 7. The number of nitrogens with zero attached hydrogens (tertiary/aromatic N) is 5. The van der Waals surface area contributed by atoms with Crippen LogP contribution < -0.4 is 10.1 Å². The zero-order valence-electron chi connectivity index (χ0n) is 21.9. The predicted molar refractivity (Wildman–Crippen MR) is 144 cm³/mol. The van der Waals surface area contributed by atoms with Gasteiger partial charge in [0.25, 0.3) is 5.91 Å². The van der Waals surface area contributed by atoms with Crippen LogP contribution in [0.25, 0.3) is 11.0 Å². The zero-order chi connectivity index (χ0) is 26.8. The van der Waals surface area contributed by atoms with Crippen LogP contribution in [-0.4, -0.2) is 76.2 Å². The maximum absolute atomic E-state index is 13.3. The average Bonchev–Trinajstić information content (AvgIpc) is 3.20. The number of benzene rings is 2. The largest absolute Gasteiger partial charge is 0.457 e. The van der Waals surface area contributed by atoms with E-state index >= 15 is 0 Å². The first-order chi connectivity index (χ1) is 18.3. The standard InChI is InChI=1S/C28H31FN6O3/c1-18-17-37-23(15-33(2)3)16-35(18)27(36)25-14-22(11-12-30-25)38-21-9-10-26-24(13-21)32-28(34(26)4)31-20-7-5-19(29)6-8-20/h5-14,18,23H,15-17H2,1-4H3,(H,31,32)/t18?,23-/m1/s1. The molecule has 38 heavy (non-hydrogen) atoms. The van der Waals surface area contributed by atoms with Crippen LogP contribution in [0.3, 0.4) is 0 Å². The first-order valence-corrected chi connectivity index (χ1v) is 12.5. The molecule has 1 saturated heterocycles. The van der Waals surface area contributed by atoms with Crippen LogP contribution in [0.2, 0.25) is 0 Å². The second-order valence-corrected chi connectivity index (χ2v) is 9.78. The maximum Gasteiger partial charge on any atom is 0.272 e. The molecular weight excluding hydrogens is 487 g/mol. The number of carbonyl (C=O) groups is 1. The fourth-order valence-electron chi connectivity index (χ4n) is 4.51. The Kier molecular flexibility index (Phi) is 7.26. The normalized spacial score (nSPS) is 17.7. The number of nitrogens with one attached hydrogen (secondary N) is 1. The van der Waals surface area contributed by atoms with Crippen molar-refractivity contribution < 1.29 is 18.7 Å². The average molecular weight is 519 g/mol. The van der Waals surface area contributed by atoms with E-state index in [1.165, 1.54) is 12.1 Å². The molecule has 4 aromatic rings. The number of carbonyl (C=O) groups excluding carboxylic acids is 1. The molecular formula is C28H31FN6O3. The van der Waals surface area contributed by atoms with E-state index in [1.54, 1.807) is 30.5 Å². The summed E-state index contributed by atoms with van der Waals surface area (Å²) in [5, 5.41) is 3.21. The van der Waals surface area contributed by atoms with Crippen LogP contribution in [0.4, 0.5) is 16.0 Å². The van der Waals surface area contributed by atoms with E-state index in [-0.39, 0.29) is 23.9 Å². The molecule has 0 bridgehead atoms. The van der Waals surface area contributed by atoms with Gasteiger partial charge in [0.05, 0.1) is 29.8 Å². The number of anilines is 2. The van der Waals surface area contributed by atoms with Gasteiger partial charge in [0.2, 0.25) is 5.95 Å². The van der Waals surface area contributed by atoms with Gasteiger partial charge in [0.1, 0.15) is 23.0 Å². The lowest BCUT2D eigenvalue weighted by Gasteiger charge is -2.38.